The highest BCUT2D eigenvalue weighted by atomic mass is 19.1. The van der Waals surface area contributed by atoms with Gasteiger partial charge < -0.3 is 4.42 Å². The number of hydrogen-bond donors (Lipinski definition) is 0. The first-order valence-electron chi connectivity index (χ1n) is 3.97. The zero-order valence-corrected chi connectivity index (χ0v) is 6.80. The lowest BCUT2D eigenvalue weighted by molar-refractivity contribution is 0.596. The molecule has 12 heavy (non-hydrogen) atoms. The van der Waals surface area contributed by atoms with Gasteiger partial charge in [-0.3, -0.25) is 0 Å². The highest BCUT2D eigenvalue weighted by molar-refractivity contribution is 5.80. The first-order valence-corrected chi connectivity index (χ1v) is 3.97. The molecule has 1 aromatic heterocycles. The molecule has 0 N–H and O–H groups in total. The van der Waals surface area contributed by atoms with Crippen molar-refractivity contribution in [3.63, 3.8) is 0 Å². The molecule has 0 aliphatic carbocycles. The van der Waals surface area contributed by atoms with Gasteiger partial charge in [0.1, 0.15) is 11.4 Å². The Morgan fingerprint density at radius 1 is 1.42 bits per heavy atom. The van der Waals surface area contributed by atoms with Gasteiger partial charge in [-0.25, -0.2) is 4.39 Å². The van der Waals surface area contributed by atoms with E-state index in [1.807, 2.05) is 6.92 Å². The van der Waals surface area contributed by atoms with Crippen molar-refractivity contribution in [2.24, 2.45) is 0 Å². The minimum absolute atomic E-state index is 0.250. The number of rotatable bonds is 1. The molecule has 0 unspecified atom stereocenters. The van der Waals surface area contributed by atoms with Gasteiger partial charge >= 0.3 is 0 Å². The Bertz CT molecular complexity index is 403. The average Bonchev–Trinajstić information content (AvgIpc) is 2.46. The van der Waals surface area contributed by atoms with Crippen molar-refractivity contribution >= 4 is 11.0 Å². The smallest absolute Gasteiger partial charge is 0.137 e. The van der Waals surface area contributed by atoms with Crippen LogP contribution in [-0.2, 0) is 6.42 Å². The number of fused-ring (bicyclic) bond motifs is 1. The van der Waals surface area contributed by atoms with Gasteiger partial charge in [0.2, 0.25) is 0 Å². The topological polar surface area (TPSA) is 13.1 Å². The molecular formula is C10H9FO. The molecule has 0 bridgehead atoms. The van der Waals surface area contributed by atoms with Gasteiger partial charge in [0.15, 0.2) is 0 Å². The van der Waals surface area contributed by atoms with Crippen LogP contribution >= 0.6 is 0 Å². The Hall–Kier alpha value is -1.31. The minimum atomic E-state index is -0.250. The standard InChI is InChI=1S/C10H9FO/c1-2-7-6-12-10-5-8(11)3-4-9(7)10/h3-6H,2H2,1H3. The molecule has 2 heteroatoms. The molecule has 0 atom stereocenters. The zero-order chi connectivity index (χ0) is 8.55. The second-order valence-corrected chi connectivity index (χ2v) is 2.75. The van der Waals surface area contributed by atoms with Crippen molar-refractivity contribution < 1.29 is 8.81 Å². The number of aryl methyl sites for hydroxylation is 1. The van der Waals surface area contributed by atoms with Crippen molar-refractivity contribution in [1.82, 2.24) is 0 Å². The van der Waals surface area contributed by atoms with E-state index in [0.717, 1.165) is 17.4 Å². The number of benzene rings is 1. The van der Waals surface area contributed by atoms with Gasteiger partial charge in [0, 0.05) is 11.5 Å². The molecule has 0 aliphatic heterocycles. The van der Waals surface area contributed by atoms with Crippen LogP contribution in [-0.4, -0.2) is 0 Å². The van der Waals surface area contributed by atoms with Gasteiger partial charge in [-0.05, 0) is 24.1 Å². The minimum Gasteiger partial charge on any atom is -0.464 e. The van der Waals surface area contributed by atoms with E-state index in [4.69, 9.17) is 4.42 Å². The second-order valence-electron chi connectivity index (χ2n) is 2.75. The summed E-state index contributed by atoms with van der Waals surface area (Å²) in [5.74, 6) is -0.250. The van der Waals surface area contributed by atoms with E-state index in [9.17, 15) is 4.39 Å². The maximum absolute atomic E-state index is 12.7. The van der Waals surface area contributed by atoms with E-state index in [1.165, 1.54) is 12.1 Å². The molecule has 0 aliphatic rings. The van der Waals surface area contributed by atoms with E-state index in [-0.39, 0.29) is 5.82 Å². The quantitative estimate of drug-likeness (QED) is 0.631. The third-order valence-corrected chi connectivity index (χ3v) is 2.00. The summed E-state index contributed by atoms with van der Waals surface area (Å²) in [6.45, 7) is 2.05. The summed E-state index contributed by atoms with van der Waals surface area (Å²) in [6, 6.07) is 4.62. The monoisotopic (exact) mass is 164 g/mol. The molecule has 0 fully saturated rings. The van der Waals surface area contributed by atoms with Gasteiger partial charge in [-0.1, -0.05) is 6.92 Å². The Labute approximate surface area is 69.8 Å². The van der Waals surface area contributed by atoms with E-state index in [1.54, 1.807) is 12.3 Å². The van der Waals surface area contributed by atoms with Crippen molar-refractivity contribution in [2.75, 3.05) is 0 Å². The molecule has 2 rings (SSSR count). The molecule has 1 nitrogen and oxygen atoms in total. The lowest BCUT2D eigenvalue weighted by Gasteiger charge is -1.90. The van der Waals surface area contributed by atoms with Gasteiger partial charge in [0.05, 0.1) is 6.26 Å². The van der Waals surface area contributed by atoms with Crippen molar-refractivity contribution in [1.29, 1.82) is 0 Å². The summed E-state index contributed by atoms with van der Waals surface area (Å²) >= 11 is 0. The summed E-state index contributed by atoms with van der Waals surface area (Å²) in [7, 11) is 0. The van der Waals surface area contributed by atoms with E-state index in [2.05, 4.69) is 0 Å². The fourth-order valence-electron chi connectivity index (χ4n) is 1.33. The van der Waals surface area contributed by atoms with Crippen LogP contribution in [0.15, 0.2) is 28.9 Å². The van der Waals surface area contributed by atoms with Crippen LogP contribution in [0.2, 0.25) is 0 Å². The van der Waals surface area contributed by atoms with Crippen LogP contribution in [0.1, 0.15) is 12.5 Å². The fourth-order valence-corrected chi connectivity index (χ4v) is 1.33. The summed E-state index contributed by atoms with van der Waals surface area (Å²) in [4.78, 5) is 0. The van der Waals surface area contributed by atoms with Crippen molar-refractivity contribution in [2.45, 2.75) is 13.3 Å². The summed E-state index contributed by atoms with van der Waals surface area (Å²) < 4.78 is 17.9. The van der Waals surface area contributed by atoms with Crippen LogP contribution in [0.4, 0.5) is 4.39 Å². The van der Waals surface area contributed by atoms with Gasteiger partial charge in [-0.15, -0.1) is 0 Å². The molecule has 0 radical (unpaired) electrons. The summed E-state index contributed by atoms with van der Waals surface area (Å²) in [6.07, 6.45) is 2.60. The van der Waals surface area contributed by atoms with Crippen LogP contribution in [0, 0.1) is 5.82 Å². The molecule has 1 heterocycles. The molecule has 0 saturated heterocycles. The van der Waals surface area contributed by atoms with Crippen LogP contribution in [0.3, 0.4) is 0 Å². The van der Waals surface area contributed by atoms with Crippen LogP contribution in [0.5, 0.6) is 0 Å². The molecule has 1 aromatic carbocycles. The van der Waals surface area contributed by atoms with E-state index in [0.29, 0.717) is 5.58 Å². The number of hydrogen-bond acceptors (Lipinski definition) is 1. The van der Waals surface area contributed by atoms with E-state index >= 15 is 0 Å². The number of furan rings is 1. The second kappa shape index (κ2) is 2.63. The van der Waals surface area contributed by atoms with Crippen LogP contribution < -0.4 is 0 Å². The SMILES string of the molecule is CCc1coc2cc(F)ccc12. The zero-order valence-electron chi connectivity index (χ0n) is 6.80. The maximum atomic E-state index is 12.7. The summed E-state index contributed by atoms with van der Waals surface area (Å²) in [5, 5.41) is 1.01. The van der Waals surface area contributed by atoms with Crippen molar-refractivity contribution in [3.05, 3.63) is 35.8 Å². The molecule has 62 valence electrons. The predicted molar refractivity (Wildman–Crippen MR) is 45.6 cm³/mol. The van der Waals surface area contributed by atoms with Crippen LogP contribution in [0.25, 0.3) is 11.0 Å². The Morgan fingerprint density at radius 3 is 3.00 bits per heavy atom. The fraction of sp³-hybridized carbons (Fsp3) is 0.200. The Morgan fingerprint density at radius 2 is 2.25 bits per heavy atom. The number of halogens is 1. The maximum Gasteiger partial charge on any atom is 0.137 e. The third-order valence-electron chi connectivity index (χ3n) is 2.00. The summed E-state index contributed by atoms with van der Waals surface area (Å²) in [5.41, 5.74) is 1.76. The van der Waals surface area contributed by atoms with E-state index < -0.39 is 0 Å². The van der Waals surface area contributed by atoms with Gasteiger partial charge in [0.25, 0.3) is 0 Å². The lowest BCUT2D eigenvalue weighted by atomic mass is 10.1. The Balaban J connectivity index is 2.73. The Kier molecular flexibility index (Phi) is 1.61. The highest BCUT2D eigenvalue weighted by Crippen LogP contribution is 2.21. The molecular weight excluding hydrogens is 155 g/mol. The van der Waals surface area contributed by atoms with Crippen molar-refractivity contribution in [3.8, 4) is 0 Å². The lowest BCUT2D eigenvalue weighted by Crippen LogP contribution is -1.76. The predicted octanol–water partition coefficient (Wildman–Crippen LogP) is 3.13. The largest absolute Gasteiger partial charge is 0.464 e. The first-order chi connectivity index (χ1) is 5.81. The van der Waals surface area contributed by atoms with Gasteiger partial charge in [-0.2, -0.15) is 0 Å². The molecule has 0 saturated carbocycles. The first kappa shape index (κ1) is 7.35. The average molecular weight is 164 g/mol. The third kappa shape index (κ3) is 0.998. The molecule has 0 spiro atoms. The highest BCUT2D eigenvalue weighted by Gasteiger charge is 2.03. The molecule has 2 aromatic rings. The molecule has 0 amide bonds. The normalized spacial score (nSPS) is 10.8.